The van der Waals surface area contributed by atoms with Crippen LogP contribution in [0, 0.1) is 12.8 Å². The number of nitrogens with zero attached hydrogens (tertiary/aromatic N) is 1. The fraction of sp³-hybridized carbons (Fsp3) is 0.727. The smallest absolute Gasteiger partial charge is 0.0897 e. The Morgan fingerprint density at radius 1 is 1.53 bits per heavy atom. The largest absolute Gasteiger partial charge is 0.376 e. The van der Waals surface area contributed by atoms with Gasteiger partial charge < -0.3 is 10.1 Å². The highest BCUT2D eigenvalue weighted by Gasteiger charge is 2.12. The summed E-state index contributed by atoms with van der Waals surface area (Å²) in [4.78, 5) is 5.45. The highest BCUT2D eigenvalue weighted by atomic mass is 32.1. The molecule has 1 aromatic heterocycles. The van der Waals surface area contributed by atoms with E-state index in [9.17, 15) is 0 Å². The molecule has 0 aliphatic carbocycles. The molecule has 1 aromatic rings. The van der Waals surface area contributed by atoms with Crippen LogP contribution in [0.15, 0.2) is 6.20 Å². The first-order valence-corrected chi connectivity index (χ1v) is 6.36. The summed E-state index contributed by atoms with van der Waals surface area (Å²) in [5, 5.41) is 4.48. The van der Waals surface area contributed by atoms with Crippen LogP contribution in [0.2, 0.25) is 0 Å². The molecule has 0 saturated carbocycles. The summed E-state index contributed by atoms with van der Waals surface area (Å²) in [5.74, 6) is 0.750. The van der Waals surface area contributed by atoms with Crippen LogP contribution in [-0.2, 0) is 11.3 Å². The summed E-state index contributed by atoms with van der Waals surface area (Å²) in [6.07, 6.45) is 4.42. The summed E-state index contributed by atoms with van der Waals surface area (Å²) >= 11 is 1.73. The molecule has 15 heavy (non-hydrogen) atoms. The number of rotatable bonds is 4. The van der Waals surface area contributed by atoms with Crippen LogP contribution in [0.4, 0.5) is 0 Å². The van der Waals surface area contributed by atoms with Gasteiger partial charge in [0.15, 0.2) is 0 Å². The van der Waals surface area contributed by atoms with E-state index in [0.717, 1.165) is 37.2 Å². The van der Waals surface area contributed by atoms with Gasteiger partial charge in [-0.1, -0.05) is 0 Å². The Morgan fingerprint density at radius 2 is 2.33 bits per heavy atom. The molecule has 1 fully saturated rings. The quantitative estimate of drug-likeness (QED) is 0.852. The Kier molecular flexibility index (Phi) is 4.11. The maximum Gasteiger partial charge on any atom is 0.0897 e. The average molecular weight is 226 g/mol. The van der Waals surface area contributed by atoms with Gasteiger partial charge in [-0.2, -0.15) is 0 Å². The first-order valence-electron chi connectivity index (χ1n) is 5.54. The fourth-order valence-corrected chi connectivity index (χ4v) is 2.58. The van der Waals surface area contributed by atoms with Crippen molar-refractivity contribution in [2.75, 3.05) is 19.7 Å². The molecule has 0 aromatic carbocycles. The second-order valence-corrected chi connectivity index (χ2v) is 5.37. The standard InChI is InChI=1S/C11H18N2OS/c1-9-13-6-11(15-9)8-14-7-10-2-4-12-5-3-10/h6,10,12H,2-5,7-8H2,1H3. The van der Waals surface area contributed by atoms with E-state index in [0.29, 0.717) is 0 Å². The van der Waals surface area contributed by atoms with Crippen LogP contribution in [0.1, 0.15) is 22.7 Å². The number of ether oxygens (including phenoxy) is 1. The molecule has 3 nitrogen and oxygen atoms in total. The number of piperidine rings is 1. The van der Waals surface area contributed by atoms with E-state index < -0.39 is 0 Å². The third kappa shape index (κ3) is 3.55. The highest BCUT2D eigenvalue weighted by molar-refractivity contribution is 7.11. The first-order chi connectivity index (χ1) is 7.34. The van der Waals surface area contributed by atoms with Gasteiger partial charge in [0, 0.05) is 12.8 Å². The van der Waals surface area contributed by atoms with Crippen molar-refractivity contribution in [3.05, 3.63) is 16.1 Å². The van der Waals surface area contributed by atoms with Crippen LogP contribution >= 0.6 is 11.3 Å². The van der Waals surface area contributed by atoms with Gasteiger partial charge in [0.1, 0.15) is 0 Å². The zero-order chi connectivity index (χ0) is 10.5. The molecular weight excluding hydrogens is 208 g/mol. The number of thiazole rings is 1. The third-order valence-electron chi connectivity index (χ3n) is 2.73. The zero-order valence-corrected chi connectivity index (χ0v) is 9.98. The lowest BCUT2D eigenvalue weighted by Gasteiger charge is -2.22. The number of nitrogens with one attached hydrogen (secondary N) is 1. The fourth-order valence-electron chi connectivity index (χ4n) is 1.85. The molecule has 2 heterocycles. The molecule has 1 aliphatic heterocycles. The van der Waals surface area contributed by atoms with E-state index in [4.69, 9.17) is 4.74 Å². The lowest BCUT2D eigenvalue weighted by atomic mass is 9.99. The van der Waals surface area contributed by atoms with E-state index in [1.807, 2.05) is 13.1 Å². The maximum absolute atomic E-state index is 5.72. The number of hydrogen-bond acceptors (Lipinski definition) is 4. The maximum atomic E-state index is 5.72. The molecule has 1 N–H and O–H groups in total. The van der Waals surface area contributed by atoms with Crippen molar-refractivity contribution < 1.29 is 4.74 Å². The van der Waals surface area contributed by atoms with Gasteiger partial charge in [-0.25, -0.2) is 4.98 Å². The Bertz CT molecular complexity index is 295. The number of aryl methyl sites for hydroxylation is 1. The van der Waals surface area contributed by atoms with E-state index in [1.165, 1.54) is 17.7 Å². The monoisotopic (exact) mass is 226 g/mol. The predicted molar refractivity (Wildman–Crippen MR) is 62.1 cm³/mol. The Hall–Kier alpha value is -0.450. The lowest BCUT2D eigenvalue weighted by Crippen LogP contribution is -2.29. The molecule has 4 heteroatoms. The SMILES string of the molecule is Cc1ncc(COCC2CCNCC2)s1. The first kappa shape index (κ1) is 11.0. The second-order valence-electron chi connectivity index (χ2n) is 4.05. The average Bonchev–Trinajstić information content (AvgIpc) is 2.66. The summed E-state index contributed by atoms with van der Waals surface area (Å²) in [5.41, 5.74) is 0. The Balaban J connectivity index is 1.65. The third-order valence-corrected chi connectivity index (χ3v) is 3.61. The molecule has 0 bridgehead atoms. The van der Waals surface area contributed by atoms with Crippen molar-refractivity contribution >= 4 is 11.3 Å². The summed E-state index contributed by atoms with van der Waals surface area (Å²) < 4.78 is 5.72. The van der Waals surface area contributed by atoms with E-state index >= 15 is 0 Å². The lowest BCUT2D eigenvalue weighted by molar-refractivity contribution is 0.0778. The molecule has 1 saturated heterocycles. The molecule has 0 unspecified atom stereocenters. The van der Waals surface area contributed by atoms with Crippen molar-refractivity contribution in [1.29, 1.82) is 0 Å². The zero-order valence-electron chi connectivity index (χ0n) is 9.16. The van der Waals surface area contributed by atoms with Gasteiger partial charge in [0.05, 0.1) is 16.5 Å². The topological polar surface area (TPSA) is 34.1 Å². The van der Waals surface area contributed by atoms with Crippen LogP contribution in [0.5, 0.6) is 0 Å². The molecule has 0 radical (unpaired) electrons. The van der Waals surface area contributed by atoms with Gasteiger partial charge in [-0.15, -0.1) is 11.3 Å². The molecule has 2 rings (SSSR count). The molecule has 84 valence electrons. The van der Waals surface area contributed by atoms with Crippen molar-refractivity contribution in [3.63, 3.8) is 0 Å². The van der Waals surface area contributed by atoms with Crippen LogP contribution in [0.25, 0.3) is 0 Å². The van der Waals surface area contributed by atoms with E-state index in [-0.39, 0.29) is 0 Å². The Labute approximate surface area is 94.9 Å². The number of aromatic nitrogens is 1. The van der Waals surface area contributed by atoms with Gasteiger partial charge >= 0.3 is 0 Å². The highest BCUT2D eigenvalue weighted by Crippen LogP contribution is 2.15. The minimum absolute atomic E-state index is 0.732. The summed E-state index contributed by atoms with van der Waals surface area (Å²) in [6.45, 7) is 5.95. The van der Waals surface area contributed by atoms with E-state index in [2.05, 4.69) is 10.3 Å². The van der Waals surface area contributed by atoms with Crippen molar-refractivity contribution in [3.8, 4) is 0 Å². The van der Waals surface area contributed by atoms with Gasteiger partial charge in [0.2, 0.25) is 0 Å². The van der Waals surface area contributed by atoms with Gasteiger partial charge in [-0.05, 0) is 38.8 Å². The molecule has 0 spiro atoms. The molecule has 0 amide bonds. The van der Waals surface area contributed by atoms with Crippen LogP contribution in [-0.4, -0.2) is 24.7 Å². The Morgan fingerprint density at radius 3 is 3.00 bits per heavy atom. The van der Waals surface area contributed by atoms with Crippen LogP contribution < -0.4 is 5.32 Å². The van der Waals surface area contributed by atoms with Crippen LogP contribution in [0.3, 0.4) is 0 Å². The van der Waals surface area contributed by atoms with Crippen molar-refractivity contribution in [2.45, 2.75) is 26.4 Å². The van der Waals surface area contributed by atoms with Gasteiger partial charge in [-0.3, -0.25) is 0 Å². The predicted octanol–water partition coefficient (Wildman–Crippen LogP) is 1.97. The van der Waals surface area contributed by atoms with Crippen molar-refractivity contribution in [2.24, 2.45) is 5.92 Å². The summed E-state index contributed by atoms with van der Waals surface area (Å²) in [7, 11) is 0. The van der Waals surface area contributed by atoms with Crippen molar-refractivity contribution in [1.82, 2.24) is 10.3 Å². The molecule has 1 aliphatic rings. The second kappa shape index (κ2) is 5.58. The minimum atomic E-state index is 0.732. The number of hydrogen-bond donors (Lipinski definition) is 1. The van der Waals surface area contributed by atoms with Gasteiger partial charge in [0.25, 0.3) is 0 Å². The minimum Gasteiger partial charge on any atom is -0.376 e. The molecule has 0 atom stereocenters. The summed E-state index contributed by atoms with van der Waals surface area (Å²) in [6, 6.07) is 0. The van der Waals surface area contributed by atoms with E-state index in [1.54, 1.807) is 11.3 Å². The normalized spacial score (nSPS) is 18.2. The molecular formula is C11H18N2OS.